The lowest BCUT2D eigenvalue weighted by atomic mass is 10.1. The smallest absolute Gasteiger partial charge is 0.397 e. The van der Waals surface area contributed by atoms with Gasteiger partial charge >= 0.3 is 6.18 Å². The molecule has 6 nitrogen and oxygen atoms in total. The number of nitrogen functional groups attached to an aromatic ring is 2. The third-order valence-corrected chi connectivity index (χ3v) is 4.99. The summed E-state index contributed by atoms with van der Waals surface area (Å²) in [5.74, 6) is -0.670. The summed E-state index contributed by atoms with van der Waals surface area (Å²) in [7, 11) is 0. The Balaban J connectivity index is 1.98. The number of carbonyl (C=O) groups excluding carboxylic acids is 1. The Bertz CT molecular complexity index is 1110. The Hall–Kier alpha value is -3.32. The molecule has 27 heavy (non-hydrogen) atoms. The molecule has 138 valence electrons. The van der Waals surface area contributed by atoms with E-state index in [1.807, 2.05) is 6.07 Å². The molecule has 3 aromatic rings. The van der Waals surface area contributed by atoms with Gasteiger partial charge in [-0.25, -0.2) is 4.98 Å². The number of nitrogens with two attached hydrogens (primary N) is 2. The maximum atomic E-state index is 13.0. The number of amides is 1. The number of hydrogen-bond acceptors (Lipinski definition) is 6. The van der Waals surface area contributed by atoms with Crippen LogP contribution in [-0.4, -0.2) is 10.9 Å². The second kappa shape index (κ2) is 6.44. The molecule has 0 aliphatic heterocycles. The first kappa shape index (κ1) is 18.5. The van der Waals surface area contributed by atoms with E-state index < -0.39 is 17.6 Å². The Morgan fingerprint density at radius 2 is 2.00 bits per heavy atom. The predicted octanol–water partition coefficient (Wildman–Crippen LogP) is 3.91. The van der Waals surface area contributed by atoms with Gasteiger partial charge in [-0.2, -0.15) is 18.4 Å². The molecule has 0 unspecified atom stereocenters. The lowest BCUT2D eigenvalue weighted by Gasteiger charge is -2.12. The minimum absolute atomic E-state index is 0.00608. The van der Waals surface area contributed by atoms with Crippen LogP contribution in [0.15, 0.2) is 24.3 Å². The molecule has 0 fully saturated rings. The van der Waals surface area contributed by atoms with Gasteiger partial charge in [0.05, 0.1) is 16.8 Å². The van der Waals surface area contributed by atoms with Crippen molar-refractivity contribution in [2.75, 3.05) is 16.8 Å². The maximum absolute atomic E-state index is 13.0. The van der Waals surface area contributed by atoms with Crippen molar-refractivity contribution in [1.29, 1.82) is 5.26 Å². The van der Waals surface area contributed by atoms with Crippen LogP contribution in [0.1, 0.15) is 26.4 Å². The number of nitrogens with one attached hydrogen (secondary N) is 1. The van der Waals surface area contributed by atoms with E-state index in [4.69, 9.17) is 16.7 Å². The highest BCUT2D eigenvalue weighted by Crippen LogP contribution is 2.36. The number of halogens is 3. The topological polar surface area (TPSA) is 118 Å². The van der Waals surface area contributed by atoms with Crippen molar-refractivity contribution in [2.24, 2.45) is 0 Å². The van der Waals surface area contributed by atoms with Gasteiger partial charge < -0.3 is 16.8 Å². The normalized spacial score (nSPS) is 11.4. The van der Waals surface area contributed by atoms with Crippen molar-refractivity contribution >= 4 is 44.7 Å². The molecule has 0 spiro atoms. The third-order valence-electron chi connectivity index (χ3n) is 3.88. The van der Waals surface area contributed by atoms with Crippen LogP contribution in [0.25, 0.3) is 10.2 Å². The number of nitrogens with zero attached hydrogens (tertiary/aromatic N) is 2. The minimum atomic E-state index is -4.53. The van der Waals surface area contributed by atoms with E-state index in [1.165, 1.54) is 25.1 Å². The molecule has 2 aromatic heterocycles. The Kier molecular flexibility index (Phi) is 4.41. The summed E-state index contributed by atoms with van der Waals surface area (Å²) in [6, 6.07) is 6.80. The summed E-state index contributed by atoms with van der Waals surface area (Å²) >= 11 is 0.938. The van der Waals surface area contributed by atoms with Gasteiger partial charge in [-0.15, -0.1) is 11.3 Å². The molecular weight excluding hydrogens is 379 g/mol. The predicted molar refractivity (Wildman–Crippen MR) is 97.3 cm³/mol. The fourth-order valence-electron chi connectivity index (χ4n) is 2.51. The summed E-state index contributed by atoms with van der Waals surface area (Å²) in [5.41, 5.74) is 11.0. The number of aryl methyl sites for hydroxylation is 1. The quantitative estimate of drug-likeness (QED) is 0.612. The monoisotopic (exact) mass is 391 g/mol. The summed E-state index contributed by atoms with van der Waals surface area (Å²) in [5, 5.41) is 11.8. The van der Waals surface area contributed by atoms with Crippen LogP contribution in [-0.2, 0) is 6.18 Å². The largest absolute Gasteiger partial charge is 0.416 e. The number of fused-ring (bicyclic) bond motifs is 1. The van der Waals surface area contributed by atoms with Gasteiger partial charge in [-0.05, 0) is 30.7 Å². The molecule has 0 saturated carbocycles. The van der Waals surface area contributed by atoms with Crippen molar-refractivity contribution in [1.82, 2.24) is 4.98 Å². The minimum Gasteiger partial charge on any atom is -0.397 e. The zero-order valence-electron chi connectivity index (χ0n) is 13.8. The highest BCUT2D eigenvalue weighted by Gasteiger charge is 2.32. The number of hydrogen-bond donors (Lipinski definition) is 3. The molecule has 1 aromatic carbocycles. The van der Waals surface area contributed by atoms with Crippen LogP contribution in [0, 0.1) is 18.3 Å². The van der Waals surface area contributed by atoms with E-state index in [1.54, 1.807) is 0 Å². The van der Waals surface area contributed by atoms with E-state index >= 15 is 0 Å². The van der Waals surface area contributed by atoms with Crippen LogP contribution in [0.4, 0.5) is 30.4 Å². The molecule has 0 radical (unpaired) electrons. The molecule has 0 saturated heterocycles. The molecule has 2 heterocycles. The first-order valence-corrected chi connectivity index (χ1v) is 8.31. The zero-order valence-corrected chi connectivity index (χ0v) is 14.6. The van der Waals surface area contributed by atoms with E-state index in [0.717, 1.165) is 17.4 Å². The summed E-state index contributed by atoms with van der Waals surface area (Å²) in [6.07, 6.45) is -4.53. The summed E-state index contributed by atoms with van der Waals surface area (Å²) in [4.78, 5) is 17.0. The molecule has 0 aliphatic rings. The second-order valence-corrected chi connectivity index (χ2v) is 6.71. The van der Waals surface area contributed by atoms with Crippen LogP contribution >= 0.6 is 11.3 Å². The maximum Gasteiger partial charge on any atom is 0.416 e. The molecule has 5 N–H and O–H groups in total. The van der Waals surface area contributed by atoms with Gasteiger partial charge in [-0.1, -0.05) is 6.07 Å². The lowest BCUT2D eigenvalue weighted by Crippen LogP contribution is -2.14. The molecule has 0 atom stereocenters. The highest BCUT2D eigenvalue weighted by molar-refractivity contribution is 7.21. The molecular formula is C17H12F3N5OS. The van der Waals surface area contributed by atoms with Crippen LogP contribution < -0.4 is 16.8 Å². The van der Waals surface area contributed by atoms with Gasteiger partial charge in [0.15, 0.2) is 0 Å². The van der Waals surface area contributed by atoms with Gasteiger partial charge in [0.1, 0.15) is 21.6 Å². The average molecular weight is 391 g/mol. The molecule has 0 aliphatic carbocycles. The van der Waals surface area contributed by atoms with Crippen molar-refractivity contribution in [2.45, 2.75) is 13.1 Å². The fourth-order valence-corrected chi connectivity index (χ4v) is 3.49. The van der Waals surface area contributed by atoms with Crippen molar-refractivity contribution in [3.05, 3.63) is 45.8 Å². The number of anilines is 3. The fraction of sp³-hybridized carbons (Fsp3) is 0.118. The number of aromatic nitrogens is 1. The Morgan fingerprint density at radius 1 is 1.30 bits per heavy atom. The standard InChI is InChI=1S/C17H12F3N5OS/c1-7-2-3-9(5-11(7)17(18,19)20)24-15(26)13-12(22)10-4-8(6-21)14(23)25-16(10)27-13/h2-5H,22H2,1H3,(H2,23,25)(H,24,26). The van der Waals surface area contributed by atoms with Crippen LogP contribution in [0.2, 0.25) is 0 Å². The first-order valence-electron chi connectivity index (χ1n) is 7.49. The van der Waals surface area contributed by atoms with E-state index in [-0.39, 0.29) is 33.2 Å². The number of carbonyl (C=O) groups is 1. The second-order valence-electron chi connectivity index (χ2n) is 5.71. The van der Waals surface area contributed by atoms with Gasteiger partial charge in [0.25, 0.3) is 5.91 Å². The molecule has 3 rings (SSSR count). The number of nitriles is 1. The van der Waals surface area contributed by atoms with E-state index in [0.29, 0.717) is 10.2 Å². The average Bonchev–Trinajstić information content (AvgIpc) is 2.90. The van der Waals surface area contributed by atoms with Crippen LogP contribution in [0.3, 0.4) is 0 Å². The van der Waals surface area contributed by atoms with Gasteiger partial charge in [-0.3, -0.25) is 4.79 Å². The molecule has 10 heteroatoms. The lowest BCUT2D eigenvalue weighted by molar-refractivity contribution is -0.138. The zero-order chi connectivity index (χ0) is 19.9. The third kappa shape index (κ3) is 3.37. The molecule has 1 amide bonds. The number of rotatable bonds is 2. The van der Waals surface area contributed by atoms with E-state index in [2.05, 4.69) is 10.3 Å². The Labute approximate surface area is 155 Å². The van der Waals surface area contributed by atoms with E-state index in [9.17, 15) is 18.0 Å². The van der Waals surface area contributed by atoms with Gasteiger partial charge in [0.2, 0.25) is 0 Å². The van der Waals surface area contributed by atoms with Crippen molar-refractivity contribution in [3.63, 3.8) is 0 Å². The SMILES string of the molecule is Cc1ccc(NC(=O)c2sc3nc(N)c(C#N)cc3c2N)cc1C(F)(F)F. The Morgan fingerprint density at radius 3 is 2.63 bits per heavy atom. The number of thiophene rings is 1. The van der Waals surface area contributed by atoms with Crippen molar-refractivity contribution in [3.8, 4) is 6.07 Å². The summed E-state index contributed by atoms with van der Waals surface area (Å²) < 4.78 is 39.1. The van der Waals surface area contributed by atoms with Gasteiger partial charge in [0, 0.05) is 11.1 Å². The number of benzene rings is 1. The highest BCUT2D eigenvalue weighted by atomic mass is 32.1. The number of alkyl halides is 3. The van der Waals surface area contributed by atoms with Crippen molar-refractivity contribution < 1.29 is 18.0 Å². The summed E-state index contributed by atoms with van der Waals surface area (Å²) in [6.45, 7) is 1.33. The first-order chi connectivity index (χ1) is 12.6. The molecule has 0 bridgehead atoms. The number of pyridine rings is 1. The van der Waals surface area contributed by atoms with Crippen LogP contribution in [0.5, 0.6) is 0 Å².